The van der Waals surface area contributed by atoms with Gasteiger partial charge < -0.3 is 0 Å². The maximum Gasteiger partial charge on any atom is 0.0597 e. The Kier molecular flexibility index (Phi) is 3.20. The number of benzene rings is 2. The molecule has 0 spiro atoms. The first kappa shape index (κ1) is 12.2. The van der Waals surface area contributed by atoms with Gasteiger partial charge in [-0.1, -0.05) is 67.6 Å². The van der Waals surface area contributed by atoms with Crippen LogP contribution in [-0.2, 0) is 5.41 Å². The van der Waals surface area contributed by atoms with Crippen LogP contribution in [0.1, 0.15) is 30.9 Å². The SMILES string of the molecule is CCC1=NCCC1(c1ccccc1)c1ccccc1. The Morgan fingerprint density at radius 2 is 1.42 bits per heavy atom. The van der Waals surface area contributed by atoms with Crippen molar-refractivity contribution in [3.8, 4) is 0 Å². The topological polar surface area (TPSA) is 12.4 Å². The molecule has 0 fully saturated rings. The second-order valence-corrected chi connectivity index (χ2v) is 5.07. The van der Waals surface area contributed by atoms with Crippen molar-refractivity contribution in [1.82, 2.24) is 0 Å². The molecule has 2 aromatic carbocycles. The van der Waals surface area contributed by atoms with Crippen LogP contribution in [0.2, 0.25) is 0 Å². The molecule has 0 radical (unpaired) electrons. The molecular formula is C18H19N. The van der Waals surface area contributed by atoms with Gasteiger partial charge in [0.15, 0.2) is 0 Å². The van der Waals surface area contributed by atoms with E-state index in [-0.39, 0.29) is 5.41 Å². The van der Waals surface area contributed by atoms with E-state index in [9.17, 15) is 0 Å². The van der Waals surface area contributed by atoms with E-state index in [1.165, 1.54) is 16.8 Å². The highest BCUT2D eigenvalue weighted by atomic mass is 14.8. The van der Waals surface area contributed by atoms with Crippen LogP contribution in [0.5, 0.6) is 0 Å². The van der Waals surface area contributed by atoms with Gasteiger partial charge in [0.25, 0.3) is 0 Å². The van der Waals surface area contributed by atoms with Crippen molar-refractivity contribution in [3.05, 3.63) is 71.8 Å². The fourth-order valence-electron chi connectivity index (χ4n) is 3.29. The van der Waals surface area contributed by atoms with Crippen molar-refractivity contribution in [2.75, 3.05) is 6.54 Å². The van der Waals surface area contributed by atoms with E-state index in [4.69, 9.17) is 4.99 Å². The predicted octanol–water partition coefficient (Wildman–Crippen LogP) is 4.23. The van der Waals surface area contributed by atoms with Crippen LogP contribution in [0.3, 0.4) is 0 Å². The van der Waals surface area contributed by atoms with Gasteiger partial charge in [0.2, 0.25) is 0 Å². The fraction of sp³-hybridized carbons (Fsp3) is 0.278. The molecule has 1 aliphatic rings. The first-order chi connectivity index (χ1) is 9.38. The molecule has 2 aromatic rings. The van der Waals surface area contributed by atoms with Gasteiger partial charge in [0.05, 0.1) is 5.41 Å². The van der Waals surface area contributed by atoms with Crippen LogP contribution in [0, 0.1) is 0 Å². The molecule has 3 rings (SSSR count). The van der Waals surface area contributed by atoms with Crippen molar-refractivity contribution >= 4 is 5.71 Å². The highest BCUT2D eigenvalue weighted by Crippen LogP contribution is 2.41. The van der Waals surface area contributed by atoms with Gasteiger partial charge in [0, 0.05) is 12.3 Å². The van der Waals surface area contributed by atoms with Gasteiger partial charge in [-0.15, -0.1) is 0 Å². The third kappa shape index (κ3) is 1.90. The Hall–Kier alpha value is -1.89. The highest BCUT2D eigenvalue weighted by molar-refractivity contribution is 5.99. The molecule has 0 unspecified atom stereocenters. The van der Waals surface area contributed by atoms with Gasteiger partial charge in [-0.25, -0.2) is 0 Å². The summed E-state index contributed by atoms with van der Waals surface area (Å²) in [6.07, 6.45) is 2.11. The van der Waals surface area contributed by atoms with Crippen molar-refractivity contribution < 1.29 is 0 Å². The summed E-state index contributed by atoms with van der Waals surface area (Å²) < 4.78 is 0. The fourth-order valence-corrected chi connectivity index (χ4v) is 3.29. The minimum atomic E-state index is -0.00271. The molecule has 0 N–H and O–H groups in total. The summed E-state index contributed by atoms with van der Waals surface area (Å²) in [7, 11) is 0. The lowest BCUT2D eigenvalue weighted by Crippen LogP contribution is -2.33. The summed E-state index contributed by atoms with van der Waals surface area (Å²) in [5.74, 6) is 0. The molecule has 1 heterocycles. The van der Waals surface area contributed by atoms with Crippen molar-refractivity contribution in [2.45, 2.75) is 25.2 Å². The summed E-state index contributed by atoms with van der Waals surface area (Å²) in [5, 5.41) is 0. The van der Waals surface area contributed by atoms with E-state index >= 15 is 0 Å². The molecule has 0 aromatic heterocycles. The molecule has 0 amide bonds. The molecule has 0 aliphatic carbocycles. The average Bonchev–Trinajstić information content (AvgIpc) is 2.94. The van der Waals surface area contributed by atoms with E-state index < -0.39 is 0 Å². The Morgan fingerprint density at radius 3 is 1.89 bits per heavy atom. The van der Waals surface area contributed by atoms with Crippen LogP contribution in [0.15, 0.2) is 65.7 Å². The van der Waals surface area contributed by atoms with Crippen molar-refractivity contribution in [1.29, 1.82) is 0 Å². The monoisotopic (exact) mass is 249 g/mol. The minimum absolute atomic E-state index is 0.00271. The molecule has 0 saturated heterocycles. The van der Waals surface area contributed by atoms with E-state index in [1.54, 1.807) is 0 Å². The van der Waals surface area contributed by atoms with Crippen molar-refractivity contribution in [3.63, 3.8) is 0 Å². The van der Waals surface area contributed by atoms with Gasteiger partial charge >= 0.3 is 0 Å². The molecule has 96 valence electrons. The maximum absolute atomic E-state index is 4.78. The van der Waals surface area contributed by atoms with Crippen LogP contribution >= 0.6 is 0 Å². The quantitative estimate of drug-likeness (QED) is 0.772. The Labute approximate surface area is 115 Å². The van der Waals surface area contributed by atoms with E-state index in [0.29, 0.717) is 0 Å². The number of hydrogen-bond acceptors (Lipinski definition) is 1. The maximum atomic E-state index is 4.78. The highest BCUT2D eigenvalue weighted by Gasteiger charge is 2.40. The minimum Gasteiger partial charge on any atom is -0.293 e. The standard InChI is InChI=1S/C18H19N/c1-2-17-18(13-14-19-17,15-9-5-3-6-10-15)16-11-7-4-8-12-16/h3-12H,2,13-14H2,1H3. The number of hydrogen-bond donors (Lipinski definition) is 0. The first-order valence-electron chi connectivity index (χ1n) is 7.03. The zero-order valence-electron chi connectivity index (χ0n) is 11.3. The normalized spacial score (nSPS) is 17.2. The number of aliphatic imine (C=N–C) groups is 1. The third-order valence-electron chi connectivity index (χ3n) is 4.15. The molecular weight excluding hydrogens is 230 g/mol. The lowest BCUT2D eigenvalue weighted by atomic mass is 9.69. The molecule has 0 saturated carbocycles. The van der Waals surface area contributed by atoms with Crippen LogP contribution in [0.4, 0.5) is 0 Å². The second kappa shape index (κ2) is 5.00. The smallest absolute Gasteiger partial charge is 0.0597 e. The van der Waals surface area contributed by atoms with Crippen molar-refractivity contribution in [2.24, 2.45) is 4.99 Å². The summed E-state index contributed by atoms with van der Waals surface area (Å²) in [4.78, 5) is 4.78. The summed E-state index contributed by atoms with van der Waals surface area (Å²) in [6, 6.07) is 21.6. The first-order valence-corrected chi connectivity index (χ1v) is 7.03. The van der Waals surface area contributed by atoms with E-state index in [1.807, 2.05) is 0 Å². The molecule has 1 aliphatic heterocycles. The molecule has 1 nitrogen and oxygen atoms in total. The van der Waals surface area contributed by atoms with Gasteiger partial charge in [-0.3, -0.25) is 4.99 Å². The third-order valence-corrected chi connectivity index (χ3v) is 4.15. The zero-order valence-corrected chi connectivity index (χ0v) is 11.3. The summed E-state index contributed by atoms with van der Waals surface area (Å²) in [5.41, 5.74) is 4.07. The molecule has 1 heteroatoms. The van der Waals surface area contributed by atoms with E-state index in [2.05, 4.69) is 67.6 Å². The molecule has 0 bridgehead atoms. The zero-order chi connectivity index (χ0) is 13.1. The predicted molar refractivity (Wildman–Crippen MR) is 80.9 cm³/mol. The van der Waals surface area contributed by atoms with Gasteiger partial charge in [-0.2, -0.15) is 0 Å². The van der Waals surface area contributed by atoms with Gasteiger partial charge in [0.1, 0.15) is 0 Å². The largest absolute Gasteiger partial charge is 0.293 e. The lowest BCUT2D eigenvalue weighted by Gasteiger charge is -2.32. The Bertz CT molecular complexity index is 530. The van der Waals surface area contributed by atoms with Gasteiger partial charge in [-0.05, 0) is 24.0 Å². The van der Waals surface area contributed by atoms with Crippen LogP contribution in [-0.4, -0.2) is 12.3 Å². The molecule has 19 heavy (non-hydrogen) atoms. The average molecular weight is 249 g/mol. The number of rotatable bonds is 3. The number of nitrogens with zero attached hydrogens (tertiary/aromatic N) is 1. The second-order valence-electron chi connectivity index (χ2n) is 5.07. The Balaban J connectivity index is 2.20. The summed E-state index contributed by atoms with van der Waals surface area (Å²) in [6.45, 7) is 3.15. The lowest BCUT2D eigenvalue weighted by molar-refractivity contribution is 0.664. The summed E-state index contributed by atoms with van der Waals surface area (Å²) >= 11 is 0. The van der Waals surface area contributed by atoms with E-state index in [0.717, 1.165) is 19.4 Å². The van der Waals surface area contributed by atoms with Crippen LogP contribution in [0.25, 0.3) is 0 Å². The Morgan fingerprint density at radius 1 is 0.895 bits per heavy atom. The van der Waals surface area contributed by atoms with Crippen LogP contribution < -0.4 is 0 Å². The molecule has 0 atom stereocenters.